The van der Waals surface area contributed by atoms with Crippen molar-refractivity contribution in [3.8, 4) is 0 Å². The molecular formula is C12H19N5O2. The summed E-state index contributed by atoms with van der Waals surface area (Å²) in [5, 5.41) is 26.4. The maximum Gasteiger partial charge on any atom is 0.324 e. The topological polar surface area (TPSA) is 97.7 Å². The summed E-state index contributed by atoms with van der Waals surface area (Å²) in [4.78, 5) is 12.2. The van der Waals surface area contributed by atoms with Gasteiger partial charge in [0.05, 0.1) is 12.1 Å². The van der Waals surface area contributed by atoms with Gasteiger partial charge >= 0.3 is 5.82 Å². The second kappa shape index (κ2) is 5.38. The van der Waals surface area contributed by atoms with Crippen molar-refractivity contribution in [2.24, 2.45) is 7.05 Å². The van der Waals surface area contributed by atoms with Gasteiger partial charge in [-0.1, -0.05) is 19.3 Å². The van der Waals surface area contributed by atoms with Crippen molar-refractivity contribution in [3.05, 3.63) is 22.2 Å². The molecule has 1 aliphatic rings. The van der Waals surface area contributed by atoms with Gasteiger partial charge in [-0.15, -0.1) is 0 Å². The first-order valence-corrected chi connectivity index (χ1v) is 6.53. The minimum Gasteiger partial charge on any atom is -0.710 e. The Kier molecular flexibility index (Phi) is 3.82. The summed E-state index contributed by atoms with van der Waals surface area (Å²) < 4.78 is 1.67. The quantitative estimate of drug-likeness (QED) is 0.577. The monoisotopic (exact) mass is 265 g/mol. The number of hydrogen-bond donors (Lipinski definition) is 2. The number of amides is 1. The zero-order valence-corrected chi connectivity index (χ0v) is 11.3. The predicted octanol–water partition coefficient (Wildman–Crippen LogP) is -0.0961. The zero-order valence-electron chi connectivity index (χ0n) is 11.3. The molecule has 1 saturated carbocycles. The molecule has 1 aromatic heterocycles. The molecule has 1 heterocycles. The third-order valence-electron chi connectivity index (χ3n) is 3.50. The molecule has 1 amide bonds. The van der Waals surface area contributed by atoms with Crippen molar-refractivity contribution in [1.29, 1.82) is 5.41 Å². The molecule has 7 heteroatoms. The Hall–Kier alpha value is -1.92. The predicted molar refractivity (Wildman–Crippen MR) is 67.1 cm³/mol. The maximum absolute atomic E-state index is 12.2. The molecule has 2 N–H and O–H groups in total. The van der Waals surface area contributed by atoms with Crippen molar-refractivity contribution in [3.63, 3.8) is 0 Å². The average molecular weight is 265 g/mol. The molecule has 0 spiro atoms. The van der Waals surface area contributed by atoms with Crippen molar-refractivity contribution >= 4 is 5.91 Å². The first-order valence-electron chi connectivity index (χ1n) is 6.53. The van der Waals surface area contributed by atoms with E-state index in [9.17, 15) is 10.0 Å². The van der Waals surface area contributed by atoms with Gasteiger partial charge in [-0.25, -0.2) is 4.73 Å². The van der Waals surface area contributed by atoms with Crippen LogP contribution in [0.4, 0.5) is 0 Å². The van der Waals surface area contributed by atoms with Crippen LogP contribution in [0.15, 0.2) is 0 Å². The molecule has 2 rings (SSSR count). The number of nitrogens with one attached hydrogen (secondary N) is 2. The van der Waals surface area contributed by atoms with E-state index >= 15 is 0 Å². The number of hydrogen-bond acceptors (Lipinski definition) is 4. The molecule has 7 nitrogen and oxygen atoms in total. The first kappa shape index (κ1) is 13.5. The number of rotatable bonds is 2. The van der Waals surface area contributed by atoms with Crippen molar-refractivity contribution < 1.29 is 9.52 Å². The highest BCUT2D eigenvalue weighted by Crippen LogP contribution is 2.17. The lowest BCUT2D eigenvalue weighted by molar-refractivity contribution is -0.620. The molecule has 0 radical (unpaired) electrons. The smallest absolute Gasteiger partial charge is 0.324 e. The standard InChI is InChI=1S/C12H19N5O2/c1-8-15-16(2)11(13)10(17(8)19)12(18)14-9-6-4-3-5-7-9/h9,13H,3-7H2,1-2H3,(H,14,18). The molecule has 19 heavy (non-hydrogen) atoms. The molecule has 1 aromatic rings. The van der Waals surface area contributed by atoms with Crippen LogP contribution in [0.3, 0.4) is 0 Å². The molecule has 0 aliphatic heterocycles. The number of aromatic nitrogens is 3. The summed E-state index contributed by atoms with van der Waals surface area (Å²) in [7, 11) is 1.55. The van der Waals surface area contributed by atoms with Crippen LogP contribution < -0.4 is 15.5 Å². The fourth-order valence-corrected chi connectivity index (χ4v) is 2.42. The van der Waals surface area contributed by atoms with E-state index in [2.05, 4.69) is 10.4 Å². The SMILES string of the molecule is Cc1nn(C)c(=N)c(C(=O)NC2CCCCC2)[n+]1[O-]. The highest BCUT2D eigenvalue weighted by Gasteiger charge is 2.24. The molecular weight excluding hydrogens is 246 g/mol. The van der Waals surface area contributed by atoms with Gasteiger partial charge in [-0.05, 0) is 12.8 Å². The summed E-state index contributed by atoms with van der Waals surface area (Å²) in [5.41, 5.74) is -0.352. The zero-order chi connectivity index (χ0) is 14.0. The molecule has 0 saturated heterocycles. The van der Waals surface area contributed by atoms with Gasteiger partial charge in [-0.3, -0.25) is 10.2 Å². The van der Waals surface area contributed by atoms with E-state index in [1.54, 1.807) is 7.05 Å². The van der Waals surface area contributed by atoms with Gasteiger partial charge in [0.2, 0.25) is 11.2 Å². The molecule has 1 aliphatic carbocycles. The normalized spacial score (nSPS) is 16.3. The average Bonchev–Trinajstić information content (AvgIpc) is 2.38. The molecule has 0 atom stereocenters. The van der Waals surface area contributed by atoms with Gasteiger partial charge < -0.3 is 10.5 Å². The van der Waals surface area contributed by atoms with Gasteiger partial charge in [0.15, 0.2) is 0 Å². The second-order valence-electron chi connectivity index (χ2n) is 4.97. The van der Waals surface area contributed by atoms with Gasteiger partial charge in [0.1, 0.15) is 0 Å². The molecule has 0 unspecified atom stereocenters. The maximum atomic E-state index is 12.2. The summed E-state index contributed by atoms with van der Waals surface area (Å²) >= 11 is 0. The van der Waals surface area contributed by atoms with E-state index in [4.69, 9.17) is 5.41 Å². The fourth-order valence-electron chi connectivity index (χ4n) is 2.42. The van der Waals surface area contributed by atoms with Gasteiger partial charge in [0, 0.05) is 13.0 Å². The van der Waals surface area contributed by atoms with Crippen LogP contribution in [0.5, 0.6) is 0 Å². The lowest BCUT2D eigenvalue weighted by Gasteiger charge is -2.23. The molecule has 1 fully saturated rings. The minimum atomic E-state index is -0.479. The van der Waals surface area contributed by atoms with Gasteiger partial charge in [0.25, 0.3) is 5.91 Å². The summed E-state index contributed by atoms with van der Waals surface area (Å²) in [6, 6.07) is 0.111. The Balaban J connectivity index is 2.26. The third-order valence-corrected chi connectivity index (χ3v) is 3.50. The van der Waals surface area contributed by atoms with E-state index in [-0.39, 0.29) is 23.0 Å². The largest absolute Gasteiger partial charge is 0.710 e. The van der Waals surface area contributed by atoms with E-state index in [0.717, 1.165) is 25.7 Å². The number of nitrogens with zero attached hydrogens (tertiary/aromatic N) is 3. The summed E-state index contributed by atoms with van der Waals surface area (Å²) in [6.45, 7) is 1.52. The Bertz CT molecular complexity index is 546. The number of aryl methyl sites for hydroxylation is 2. The van der Waals surface area contributed by atoms with E-state index in [0.29, 0.717) is 4.73 Å². The highest BCUT2D eigenvalue weighted by molar-refractivity contribution is 5.90. The number of carbonyl (C=O) groups is 1. The summed E-state index contributed by atoms with van der Waals surface area (Å²) in [6.07, 6.45) is 5.27. The Morgan fingerprint density at radius 3 is 2.74 bits per heavy atom. The lowest BCUT2D eigenvalue weighted by atomic mass is 9.95. The fraction of sp³-hybridized carbons (Fsp3) is 0.667. The number of carbonyl (C=O) groups excluding carboxylic acids is 1. The van der Waals surface area contributed by atoms with Crippen molar-refractivity contribution in [1.82, 2.24) is 15.1 Å². The first-order chi connectivity index (χ1) is 9.00. The van der Waals surface area contributed by atoms with Crippen LogP contribution in [-0.4, -0.2) is 21.7 Å². The van der Waals surface area contributed by atoms with Crippen molar-refractivity contribution in [2.45, 2.75) is 45.1 Å². The second-order valence-corrected chi connectivity index (χ2v) is 4.97. The Morgan fingerprint density at radius 2 is 2.11 bits per heavy atom. The van der Waals surface area contributed by atoms with E-state index in [1.165, 1.54) is 18.0 Å². The minimum absolute atomic E-state index is 0.111. The van der Waals surface area contributed by atoms with Crippen molar-refractivity contribution in [2.75, 3.05) is 0 Å². The molecule has 104 valence electrons. The van der Waals surface area contributed by atoms with Crippen LogP contribution in [0.2, 0.25) is 0 Å². The van der Waals surface area contributed by atoms with E-state index in [1.807, 2.05) is 0 Å². The van der Waals surface area contributed by atoms with Gasteiger partial charge in [-0.2, -0.15) is 4.68 Å². The third kappa shape index (κ3) is 2.74. The van der Waals surface area contributed by atoms with Crippen LogP contribution in [0, 0.1) is 17.5 Å². The highest BCUT2D eigenvalue weighted by atomic mass is 16.5. The van der Waals surface area contributed by atoms with Crippen LogP contribution >= 0.6 is 0 Å². The Morgan fingerprint density at radius 1 is 1.47 bits per heavy atom. The van der Waals surface area contributed by atoms with Crippen LogP contribution in [0.25, 0.3) is 0 Å². The van der Waals surface area contributed by atoms with Crippen LogP contribution in [-0.2, 0) is 7.05 Å². The Labute approximate surface area is 111 Å². The summed E-state index contributed by atoms with van der Waals surface area (Å²) in [5.74, 6) is -0.319. The molecule has 0 aromatic carbocycles. The van der Waals surface area contributed by atoms with Crippen LogP contribution in [0.1, 0.15) is 48.4 Å². The lowest BCUT2D eigenvalue weighted by Crippen LogP contribution is -2.52. The van der Waals surface area contributed by atoms with E-state index < -0.39 is 5.91 Å². The molecule has 0 bridgehead atoms.